The van der Waals surface area contributed by atoms with E-state index >= 15 is 0 Å². The number of hydrogen-bond acceptors (Lipinski definition) is 4. The van der Waals surface area contributed by atoms with Crippen molar-refractivity contribution in [2.24, 2.45) is 12.8 Å². The van der Waals surface area contributed by atoms with Gasteiger partial charge in [-0.25, -0.2) is 0 Å². The Morgan fingerprint density at radius 2 is 1.95 bits per heavy atom. The van der Waals surface area contributed by atoms with Crippen LogP contribution in [0.25, 0.3) is 5.69 Å². The van der Waals surface area contributed by atoms with Gasteiger partial charge in [-0.15, -0.1) is 0 Å². The molecule has 2 N–H and O–H groups in total. The van der Waals surface area contributed by atoms with Crippen molar-refractivity contribution in [1.82, 2.24) is 24.8 Å². The lowest BCUT2D eigenvalue weighted by Crippen LogP contribution is -2.14. The topological polar surface area (TPSA) is 74.6 Å². The summed E-state index contributed by atoms with van der Waals surface area (Å²) >= 11 is 0. The fourth-order valence-electron chi connectivity index (χ4n) is 2.07. The predicted octanol–water partition coefficient (Wildman–Crippen LogP) is 1.24. The van der Waals surface area contributed by atoms with Gasteiger partial charge in [0.15, 0.2) is 0 Å². The lowest BCUT2D eigenvalue weighted by atomic mass is 10.1. The van der Waals surface area contributed by atoms with E-state index in [9.17, 15) is 0 Å². The van der Waals surface area contributed by atoms with Gasteiger partial charge in [0.25, 0.3) is 0 Å². The van der Waals surface area contributed by atoms with Crippen LogP contribution in [0.2, 0.25) is 0 Å². The second-order valence-corrected chi connectivity index (χ2v) is 4.73. The average molecular weight is 268 g/mol. The zero-order valence-electron chi connectivity index (χ0n) is 11.2. The SMILES string of the molecule is Cn1cc(CC(N)c2cnn(-c3ccccc3)n2)cn1. The molecule has 1 atom stereocenters. The minimum absolute atomic E-state index is 0.184. The largest absolute Gasteiger partial charge is 0.322 e. The van der Waals surface area contributed by atoms with E-state index in [1.165, 1.54) is 0 Å². The molecule has 0 radical (unpaired) electrons. The maximum absolute atomic E-state index is 6.17. The van der Waals surface area contributed by atoms with Crippen molar-refractivity contribution in [2.75, 3.05) is 0 Å². The normalized spacial score (nSPS) is 12.5. The first-order valence-corrected chi connectivity index (χ1v) is 6.43. The molecule has 102 valence electrons. The van der Waals surface area contributed by atoms with Gasteiger partial charge in [-0.1, -0.05) is 18.2 Å². The molecule has 2 aromatic heterocycles. The number of nitrogens with two attached hydrogens (primary N) is 1. The number of hydrogen-bond donors (Lipinski definition) is 1. The third kappa shape index (κ3) is 2.60. The van der Waals surface area contributed by atoms with Gasteiger partial charge in [0.05, 0.1) is 24.1 Å². The van der Waals surface area contributed by atoms with Gasteiger partial charge in [0.1, 0.15) is 5.69 Å². The Bertz CT molecular complexity index is 685. The van der Waals surface area contributed by atoms with Crippen molar-refractivity contribution in [3.8, 4) is 5.69 Å². The van der Waals surface area contributed by atoms with Crippen molar-refractivity contribution in [3.05, 3.63) is 60.2 Å². The van der Waals surface area contributed by atoms with E-state index in [1.54, 1.807) is 15.7 Å². The summed E-state index contributed by atoms with van der Waals surface area (Å²) in [7, 11) is 1.89. The predicted molar refractivity (Wildman–Crippen MR) is 75.2 cm³/mol. The fourth-order valence-corrected chi connectivity index (χ4v) is 2.07. The Kier molecular flexibility index (Phi) is 3.30. The maximum Gasteiger partial charge on any atom is 0.100 e. The molecule has 0 amide bonds. The summed E-state index contributed by atoms with van der Waals surface area (Å²) < 4.78 is 1.77. The summed E-state index contributed by atoms with van der Waals surface area (Å²) in [6.07, 6.45) is 6.19. The summed E-state index contributed by atoms with van der Waals surface area (Å²) in [6, 6.07) is 9.59. The Morgan fingerprint density at radius 1 is 1.15 bits per heavy atom. The first-order valence-electron chi connectivity index (χ1n) is 6.43. The quantitative estimate of drug-likeness (QED) is 0.772. The van der Waals surface area contributed by atoms with E-state index in [4.69, 9.17) is 5.73 Å². The van der Waals surface area contributed by atoms with Crippen molar-refractivity contribution in [3.63, 3.8) is 0 Å². The minimum atomic E-state index is -0.184. The zero-order valence-corrected chi connectivity index (χ0v) is 11.2. The first-order chi connectivity index (χ1) is 9.72. The Morgan fingerprint density at radius 3 is 2.65 bits per heavy atom. The molecule has 0 fully saturated rings. The Hall–Kier alpha value is -2.47. The molecular formula is C14H16N6. The fraction of sp³-hybridized carbons (Fsp3) is 0.214. The molecule has 20 heavy (non-hydrogen) atoms. The number of nitrogens with zero attached hydrogens (tertiary/aromatic N) is 5. The smallest absolute Gasteiger partial charge is 0.100 e. The van der Waals surface area contributed by atoms with Crippen LogP contribution in [-0.2, 0) is 13.5 Å². The first kappa shape index (κ1) is 12.6. The van der Waals surface area contributed by atoms with Crippen molar-refractivity contribution in [1.29, 1.82) is 0 Å². The Labute approximate surface area is 116 Å². The number of rotatable bonds is 4. The highest BCUT2D eigenvalue weighted by molar-refractivity contribution is 5.28. The lowest BCUT2D eigenvalue weighted by molar-refractivity contribution is 0.665. The monoisotopic (exact) mass is 268 g/mol. The molecule has 1 unspecified atom stereocenters. The highest BCUT2D eigenvalue weighted by Crippen LogP contribution is 2.14. The number of aryl methyl sites for hydroxylation is 1. The summed E-state index contributed by atoms with van der Waals surface area (Å²) in [6.45, 7) is 0. The third-order valence-electron chi connectivity index (χ3n) is 3.09. The van der Waals surface area contributed by atoms with Crippen LogP contribution in [0.4, 0.5) is 0 Å². The molecule has 0 saturated heterocycles. The van der Waals surface area contributed by atoms with E-state index in [1.807, 2.05) is 49.8 Å². The molecule has 0 bridgehead atoms. The van der Waals surface area contributed by atoms with Gasteiger partial charge in [0, 0.05) is 13.2 Å². The number of aromatic nitrogens is 5. The van der Waals surface area contributed by atoms with Crippen LogP contribution < -0.4 is 5.73 Å². The van der Waals surface area contributed by atoms with E-state index in [2.05, 4.69) is 15.3 Å². The molecule has 1 aromatic carbocycles. The zero-order chi connectivity index (χ0) is 13.9. The summed E-state index contributed by atoms with van der Waals surface area (Å²) in [5.41, 5.74) is 8.97. The van der Waals surface area contributed by atoms with E-state index < -0.39 is 0 Å². The lowest BCUT2D eigenvalue weighted by Gasteiger charge is -2.05. The van der Waals surface area contributed by atoms with Crippen LogP contribution in [0.5, 0.6) is 0 Å². The molecule has 2 heterocycles. The van der Waals surface area contributed by atoms with Crippen LogP contribution in [0.3, 0.4) is 0 Å². The van der Waals surface area contributed by atoms with Gasteiger partial charge < -0.3 is 5.73 Å². The van der Waals surface area contributed by atoms with Gasteiger partial charge >= 0.3 is 0 Å². The van der Waals surface area contributed by atoms with Crippen LogP contribution in [0.1, 0.15) is 17.3 Å². The molecule has 0 saturated carbocycles. The second-order valence-electron chi connectivity index (χ2n) is 4.73. The highest BCUT2D eigenvalue weighted by Gasteiger charge is 2.13. The van der Waals surface area contributed by atoms with Gasteiger partial charge in [-0.3, -0.25) is 4.68 Å². The highest BCUT2D eigenvalue weighted by atomic mass is 15.5. The van der Waals surface area contributed by atoms with Crippen molar-refractivity contribution in [2.45, 2.75) is 12.5 Å². The molecule has 0 aliphatic heterocycles. The van der Waals surface area contributed by atoms with Gasteiger partial charge in [0.2, 0.25) is 0 Å². The summed E-state index contributed by atoms with van der Waals surface area (Å²) in [5.74, 6) is 0. The van der Waals surface area contributed by atoms with Gasteiger partial charge in [-0.05, 0) is 24.1 Å². The minimum Gasteiger partial charge on any atom is -0.322 e. The van der Waals surface area contributed by atoms with Crippen LogP contribution in [0.15, 0.2) is 48.9 Å². The molecule has 6 nitrogen and oxygen atoms in total. The molecule has 0 aliphatic rings. The molecule has 3 rings (SSSR count). The second kappa shape index (κ2) is 5.26. The molecular weight excluding hydrogens is 252 g/mol. The Balaban J connectivity index is 1.76. The number of benzene rings is 1. The average Bonchev–Trinajstić information content (AvgIpc) is 3.09. The van der Waals surface area contributed by atoms with E-state index in [-0.39, 0.29) is 6.04 Å². The van der Waals surface area contributed by atoms with Crippen molar-refractivity contribution < 1.29 is 0 Å². The summed E-state index contributed by atoms with van der Waals surface area (Å²) in [4.78, 5) is 1.60. The third-order valence-corrected chi connectivity index (χ3v) is 3.09. The van der Waals surface area contributed by atoms with E-state index in [0.29, 0.717) is 6.42 Å². The maximum atomic E-state index is 6.17. The molecule has 6 heteroatoms. The van der Waals surface area contributed by atoms with Crippen LogP contribution in [0, 0.1) is 0 Å². The summed E-state index contributed by atoms with van der Waals surface area (Å²) in [5, 5.41) is 12.8. The van der Waals surface area contributed by atoms with E-state index in [0.717, 1.165) is 16.9 Å². The molecule has 0 spiro atoms. The van der Waals surface area contributed by atoms with Crippen LogP contribution in [-0.4, -0.2) is 24.8 Å². The molecule has 3 aromatic rings. The van der Waals surface area contributed by atoms with Crippen LogP contribution >= 0.6 is 0 Å². The molecule has 0 aliphatic carbocycles. The van der Waals surface area contributed by atoms with Gasteiger partial charge in [-0.2, -0.15) is 20.1 Å². The number of para-hydroxylation sites is 1. The standard InChI is InChI=1S/C14H16N6/c1-19-10-11(8-16-19)7-13(15)14-9-17-20(18-14)12-5-3-2-4-6-12/h2-6,8-10,13H,7,15H2,1H3. The van der Waals surface area contributed by atoms with Crippen molar-refractivity contribution >= 4 is 0 Å².